The molecule has 82 valence electrons. The van der Waals surface area contributed by atoms with E-state index in [0.717, 1.165) is 21.7 Å². The molecule has 0 aliphatic carbocycles. The molecule has 3 heteroatoms. The predicted molar refractivity (Wildman–Crippen MR) is 70.8 cm³/mol. The van der Waals surface area contributed by atoms with Gasteiger partial charge in [-0.1, -0.05) is 30.3 Å². The van der Waals surface area contributed by atoms with Gasteiger partial charge in [-0.25, -0.2) is 0 Å². The van der Waals surface area contributed by atoms with Gasteiger partial charge in [-0.3, -0.25) is 9.97 Å². The highest BCUT2D eigenvalue weighted by molar-refractivity contribution is 7.13. The smallest absolute Gasteiger partial charge is 0.0797 e. The van der Waals surface area contributed by atoms with E-state index in [9.17, 15) is 0 Å². The second-order valence-corrected chi connectivity index (χ2v) is 4.52. The van der Waals surface area contributed by atoms with Crippen LogP contribution in [0.1, 0.15) is 0 Å². The van der Waals surface area contributed by atoms with E-state index in [1.165, 1.54) is 0 Å². The zero-order chi connectivity index (χ0) is 11.5. The van der Waals surface area contributed by atoms with Gasteiger partial charge in [0.15, 0.2) is 0 Å². The number of rotatable bonds is 2. The number of pyridine rings is 1. The maximum atomic E-state index is 4.48. The predicted octanol–water partition coefficient (Wildman–Crippen LogP) is 3.87. The molecular weight excluding hydrogens is 228 g/mol. The Morgan fingerprint density at radius 1 is 0.941 bits per heavy atom. The number of thiazole rings is 1. The maximum absolute atomic E-state index is 4.48. The zero-order valence-electron chi connectivity index (χ0n) is 9.08. The van der Waals surface area contributed by atoms with Gasteiger partial charge in [0.1, 0.15) is 0 Å². The molecule has 3 rings (SSSR count). The second kappa shape index (κ2) is 4.47. The summed E-state index contributed by atoms with van der Waals surface area (Å²) in [6.45, 7) is 0. The Labute approximate surface area is 104 Å². The topological polar surface area (TPSA) is 25.8 Å². The summed E-state index contributed by atoms with van der Waals surface area (Å²) < 4.78 is 0. The minimum atomic E-state index is 1.01. The van der Waals surface area contributed by atoms with Gasteiger partial charge < -0.3 is 0 Å². The van der Waals surface area contributed by atoms with Crippen molar-refractivity contribution < 1.29 is 0 Å². The lowest BCUT2D eigenvalue weighted by Gasteiger charge is -2.05. The van der Waals surface area contributed by atoms with Crippen molar-refractivity contribution in [3.8, 4) is 21.7 Å². The van der Waals surface area contributed by atoms with Gasteiger partial charge in [0.05, 0.1) is 16.1 Å². The standard InChI is InChI=1S/C14H10N2S/c1-2-5-11(6-3-1)14-12(7-4-8-16-14)13-9-15-10-17-13/h1-10H. The van der Waals surface area contributed by atoms with Gasteiger partial charge >= 0.3 is 0 Å². The summed E-state index contributed by atoms with van der Waals surface area (Å²) in [5.74, 6) is 0. The average molecular weight is 238 g/mol. The first-order chi connectivity index (χ1) is 8.45. The van der Waals surface area contributed by atoms with Gasteiger partial charge in [-0.2, -0.15) is 0 Å². The lowest BCUT2D eigenvalue weighted by molar-refractivity contribution is 1.33. The zero-order valence-corrected chi connectivity index (χ0v) is 9.89. The van der Waals surface area contributed by atoms with E-state index in [1.807, 2.05) is 42.2 Å². The summed E-state index contributed by atoms with van der Waals surface area (Å²) >= 11 is 1.63. The van der Waals surface area contributed by atoms with Crippen LogP contribution in [0.4, 0.5) is 0 Å². The molecule has 0 N–H and O–H groups in total. The molecule has 0 fully saturated rings. The van der Waals surface area contributed by atoms with E-state index in [2.05, 4.69) is 28.2 Å². The van der Waals surface area contributed by atoms with Crippen LogP contribution in [0.3, 0.4) is 0 Å². The van der Waals surface area contributed by atoms with Gasteiger partial charge in [-0.05, 0) is 12.1 Å². The summed E-state index contributed by atoms with van der Waals surface area (Å²) in [7, 11) is 0. The van der Waals surface area contributed by atoms with Crippen LogP contribution in [0, 0.1) is 0 Å². The molecule has 2 heterocycles. The highest BCUT2D eigenvalue weighted by Crippen LogP contribution is 2.31. The van der Waals surface area contributed by atoms with Crippen LogP contribution < -0.4 is 0 Å². The lowest BCUT2D eigenvalue weighted by Crippen LogP contribution is -1.86. The minimum Gasteiger partial charge on any atom is -0.256 e. The molecule has 0 aliphatic heterocycles. The number of hydrogen-bond acceptors (Lipinski definition) is 3. The second-order valence-electron chi connectivity index (χ2n) is 3.63. The van der Waals surface area contributed by atoms with Gasteiger partial charge in [-0.15, -0.1) is 11.3 Å². The molecule has 3 aromatic rings. The average Bonchev–Trinajstić information content (AvgIpc) is 2.94. The van der Waals surface area contributed by atoms with E-state index in [0.29, 0.717) is 0 Å². The number of hydrogen-bond donors (Lipinski definition) is 0. The van der Waals surface area contributed by atoms with Crippen LogP contribution in [0.25, 0.3) is 21.7 Å². The van der Waals surface area contributed by atoms with Crippen molar-refractivity contribution in [3.05, 3.63) is 60.4 Å². The molecule has 0 saturated heterocycles. The third-order valence-electron chi connectivity index (χ3n) is 2.55. The largest absolute Gasteiger partial charge is 0.256 e. The van der Waals surface area contributed by atoms with Gasteiger partial charge in [0.25, 0.3) is 0 Å². The molecule has 0 atom stereocenters. The van der Waals surface area contributed by atoms with Crippen molar-refractivity contribution in [2.75, 3.05) is 0 Å². The maximum Gasteiger partial charge on any atom is 0.0797 e. The molecule has 2 nitrogen and oxygen atoms in total. The summed E-state index contributed by atoms with van der Waals surface area (Å²) in [4.78, 5) is 9.76. The van der Waals surface area contributed by atoms with Crippen LogP contribution in [-0.4, -0.2) is 9.97 Å². The molecule has 0 radical (unpaired) electrons. The Balaban J connectivity index is 2.18. The Morgan fingerprint density at radius 3 is 2.59 bits per heavy atom. The molecule has 0 amide bonds. The Hall–Kier alpha value is -2.00. The quantitative estimate of drug-likeness (QED) is 0.677. The van der Waals surface area contributed by atoms with E-state index < -0.39 is 0 Å². The Morgan fingerprint density at radius 2 is 1.82 bits per heavy atom. The van der Waals surface area contributed by atoms with Crippen LogP contribution in [0.2, 0.25) is 0 Å². The molecule has 0 bridgehead atoms. The van der Waals surface area contributed by atoms with Crippen LogP contribution in [-0.2, 0) is 0 Å². The first-order valence-corrected chi connectivity index (χ1v) is 6.22. The first kappa shape index (κ1) is 10.2. The van der Waals surface area contributed by atoms with Crippen molar-refractivity contribution >= 4 is 11.3 Å². The lowest BCUT2D eigenvalue weighted by atomic mass is 10.1. The fraction of sp³-hybridized carbons (Fsp3) is 0. The van der Waals surface area contributed by atoms with Crippen molar-refractivity contribution in [1.82, 2.24) is 9.97 Å². The Kier molecular flexibility index (Phi) is 2.68. The number of aromatic nitrogens is 2. The third kappa shape index (κ3) is 1.97. The van der Waals surface area contributed by atoms with Gasteiger partial charge in [0.2, 0.25) is 0 Å². The van der Waals surface area contributed by atoms with E-state index in [1.54, 1.807) is 11.3 Å². The summed E-state index contributed by atoms with van der Waals surface area (Å²) in [6, 6.07) is 14.3. The van der Waals surface area contributed by atoms with Crippen LogP contribution >= 0.6 is 11.3 Å². The first-order valence-electron chi connectivity index (χ1n) is 5.34. The summed E-state index contributed by atoms with van der Waals surface area (Å²) in [6.07, 6.45) is 3.71. The molecule has 0 unspecified atom stereocenters. The molecule has 0 saturated carbocycles. The summed E-state index contributed by atoms with van der Waals surface area (Å²) in [5, 5.41) is 0. The molecule has 2 aromatic heterocycles. The fourth-order valence-electron chi connectivity index (χ4n) is 1.78. The fourth-order valence-corrected chi connectivity index (χ4v) is 2.43. The van der Waals surface area contributed by atoms with Gasteiger partial charge in [0, 0.05) is 23.5 Å². The Bertz CT molecular complexity index is 603. The van der Waals surface area contributed by atoms with Crippen LogP contribution in [0.15, 0.2) is 60.4 Å². The van der Waals surface area contributed by atoms with E-state index in [-0.39, 0.29) is 0 Å². The highest BCUT2D eigenvalue weighted by Gasteiger charge is 2.08. The van der Waals surface area contributed by atoms with Crippen molar-refractivity contribution in [3.63, 3.8) is 0 Å². The molecule has 1 aromatic carbocycles. The van der Waals surface area contributed by atoms with Crippen molar-refractivity contribution in [2.24, 2.45) is 0 Å². The van der Waals surface area contributed by atoms with Crippen molar-refractivity contribution in [2.45, 2.75) is 0 Å². The summed E-state index contributed by atoms with van der Waals surface area (Å²) in [5.41, 5.74) is 5.13. The number of nitrogens with zero attached hydrogens (tertiary/aromatic N) is 2. The monoisotopic (exact) mass is 238 g/mol. The molecular formula is C14H10N2S. The van der Waals surface area contributed by atoms with Crippen LogP contribution in [0.5, 0.6) is 0 Å². The molecule has 0 spiro atoms. The van der Waals surface area contributed by atoms with E-state index in [4.69, 9.17) is 0 Å². The number of benzene rings is 1. The SMILES string of the molecule is c1ccc(-c2ncccc2-c2cncs2)cc1. The molecule has 0 aliphatic rings. The minimum absolute atomic E-state index is 1.01. The normalized spacial score (nSPS) is 10.4. The molecule has 17 heavy (non-hydrogen) atoms. The highest BCUT2D eigenvalue weighted by atomic mass is 32.1. The van der Waals surface area contributed by atoms with E-state index >= 15 is 0 Å². The van der Waals surface area contributed by atoms with Crippen molar-refractivity contribution in [1.29, 1.82) is 0 Å². The third-order valence-corrected chi connectivity index (χ3v) is 3.36.